The van der Waals surface area contributed by atoms with Crippen LogP contribution < -0.4 is 11.3 Å². The molecule has 1 unspecified atom stereocenters. The number of aromatic nitrogens is 2. The van der Waals surface area contributed by atoms with Gasteiger partial charge in [-0.1, -0.05) is 13.8 Å². The first kappa shape index (κ1) is 9.22. The zero-order chi connectivity index (χ0) is 9.14. The van der Waals surface area contributed by atoms with Gasteiger partial charge in [-0.2, -0.15) is 0 Å². The molecule has 1 rings (SSSR count). The smallest absolute Gasteiger partial charge is 0.0946 e. The fourth-order valence-corrected chi connectivity index (χ4v) is 1.29. The zero-order valence-electron chi connectivity index (χ0n) is 7.78. The summed E-state index contributed by atoms with van der Waals surface area (Å²) in [5, 5.41) is 0. The van der Waals surface area contributed by atoms with Crippen molar-refractivity contribution >= 4 is 0 Å². The maximum Gasteiger partial charge on any atom is 0.0946 e. The molecule has 0 bridgehead atoms. The third-order valence-electron chi connectivity index (χ3n) is 2.02. The Morgan fingerprint density at radius 1 is 1.58 bits per heavy atom. The monoisotopic (exact) mass is 168 g/mol. The number of nitrogens with one attached hydrogen (secondary N) is 1. The highest BCUT2D eigenvalue weighted by Crippen LogP contribution is 2.18. The van der Waals surface area contributed by atoms with E-state index in [1.165, 1.54) is 0 Å². The number of hydrogen-bond acceptors (Lipinski definition) is 3. The Morgan fingerprint density at radius 2 is 2.25 bits per heavy atom. The summed E-state index contributed by atoms with van der Waals surface area (Å²) in [4.78, 5) is 4.04. The third kappa shape index (κ3) is 1.65. The molecule has 3 N–H and O–H groups in total. The minimum absolute atomic E-state index is 0.178. The summed E-state index contributed by atoms with van der Waals surface area (Å²) in [7, 11) is 1.97. The van der Waals surface area contributed by atoms with Gasteiger partial charge in [-0.25, -0.2) is 4.98 Å². The first-order valence-electron chi connectivity index (χ1n) is 4.09. The van der Waals surface area contributed by atoms with Crippen LogP contribution in [0, 0.1) is 5.92 Å². The van der Waals surface area contributed by atoms with Crippen LogP contribution in [-0.2, 0) is 7.05 Å². The number of aryl methyl sites for hydroxylation is 1. The number of rotatable bonds is 3. The van der Waals surface area contributed by atoms with Crippen LogP contribution in [0.4, 0.5) is 0 Å². The fourth-order valence-electron chi connectivity index (χ4n) is 1.29. The van der Waals surface area contributed by atoms with Crippen molar-refractivity contribution < 1.29 is 0 Å². The van der Waals surface area contributed by atoms with Crippen molar-refractivity contribution in [3.63, 3.8) is 0 Å². The van der Waals surface area contributed by atoms with Crippen LogP contribution in [0.5, 0.6) is 0 Å². The lowest BCUT2D eigenvalue weighted by Gasteiger charge is -2.19. The number of nitrogens with zero attached hydrogens (tertiary/aromatic N) is 2. The van der Waals surface area contributed by atoms with Gasteiger partial charge in [-0.15, -0.1) is 0 Å². The second-order valence-electron chi connectivity index (χ2n) is 3.32. The van der Waals surface area contributed by atoms with Crippen molar-refractivity contribution in [2.24, 2.45) is 18.8 Å². The minimum Gasteiger partial charge on any atom is -0.336 e. The topological polar surface area (TPSA) is 55.9 Å². The first-order chi connectivity index (χ1) is 5.66. The molecule has 1 aromatic rings. The molecule has 0 aliphatic carbocycles. The molecular formula is C8H16N4. The average Bonchev–Trinajstić information content (AvgIpc) is 2.38. The summed E-state index contributed by atoms with van der Waals surface area (Å²) in [6.45, 7) is 4.25. The molecular weight excluding hydrogens is 152 g/mol. The second-order valence-corrected chi connectivity index (χ2v) is 3.32. The lowest BCUT2D eigenvalue weighted by molar-refractivity contribution is 0.403. The van der Waals surface area contributed by atoms with E-state index >= 15 is 0 Å². The van der Waals surface area contributed by atoms with E-state index in [1.807, 2.05) is 17.8 Å². The van der Waals surface area contributed by atoms with E-state index in [9.17, 15) is 0 Å². The van der Waals surface area contributed by atoms with E-state index in [-0.39, 0.29) is 6.04 Å². The van der Waals surface area contributed by atoms with Crippen LogP contribution in [0.1, 0.15) is 25.6 Å². The first-order valence-corrected chi connectivity index (χ1v) is 4.09. The van der Waals surface area contributed by atoms with Crippen LogP contribution in [-0.4, -0.2) is 9.55 Å². The van der Waals surface area contributed by atoms with Gasteiger partial charge in [0.25, 0.3) is 0 Å². The van der Waals surface area contributed by atoms with Crippen molar-refractivity contribution in [1.82, 2.24) is 15.0 Å². The van der Waals surface area contributed by atoms with Gasteiger partial charge in [0.05, 0.1) is 18.1 Å². The Hall–Kier alpha value is -0.870. The zero-order valence-corrected chi connectivity index (χ0v) is 7.78. The predicted molar refractivity (Wildman–Crippen MR) is 48.1 cm³/mol. The maximum absolute atomic E-state index is 5.44. The molecule has 0 fully saturated rings. The quantitative estimate of drug-likeness (QED) is 0.513. The van der Waals surface area contributed by atoms with E-state index in [0.29, 0.717) is 5.92 Å². The summed E-state index contributed by atoms with van der Waals surface area (Å²) < 4.78 is 1.98. The second kappa shape index (κ2) is 3.69. The Kier molecular flexibility index (Phi) is 2.83. The standard InChI is InChI=1S/C8H16N4/c1-6(2)8(11-9)7-4-10-5-12(7)3/h4-6,8,11H,9H2,1-3H3. The lowest BCUT2D eigenvalue weighted by Crippen LogP contribution is -2.32. The Labute approximate surface area is 72.8 Å². The number of imidazole rings is 1. The lowest BCUT2D eigenvalue weighted by atomic mass is 10.0. The van der Waals surface area contributed by atoms with Crippen molar-refractivity contribution in [2.45, 2.75) is 19.9 Å². The normalized spacial score (nSPS) is 13.8. The van der Waals surface area contributed by atoms with E-state index < -0.39 is 0 Å². The van der Waals surface area contributed by atoms with Gasteiger partial charge in [0, 0.05) is 13.2 Å². The molecule has 0 aliphatic heterocycles. The molecule has 1 aromatic heterocycles. The van der Waals surface area contributed by atoms with Gasteiger partial charge in [-0.3, -0.25) is 11.3 Å². The van der Waals surface area contributed by atoms with E-state index in [1.54, 1.807) is 6.33 Å². The Morgan fingerprint density at radius 3 is 2.58 bits per heavy atom. The van der Waals surface area contributed by atoms with Crippen molar-refractivity contribution in [3.05, 3.63) is 18.2 Å². The van der Waals surface area contributed by atoms with Gasteiger partial charge in [-0.05, 0) is 5.92 Å². The number of nitrogens with two attached hydrogens (primary N) is 1. The molecule has 1 atom stereocenters. The summed E-state index contributed by atoms with van der Waals surface area (Å²) in [5.74, 6) is 5.91. The molecule has 12 heavy (non-hydrogen) atoms. The van der Waals surface area contributed by atoms with Crippen molar-refractivity contribution in [3.8, 4) is 0 Å². The molecule has 0 saturated carbocycles. The molecule has 0 saturated heterocycles. The van der Waals surface area contributed by atoms with Gasteiger partial charge in [0.2, 0.25) is 0 Å². The maximum atomic E-state index is 5.44. The predicted octanol–water partition coefficient (Wildman–Crippen LogP) is 0.580. The van der Waals surface area contributed by atoms with Crippen LogP contribution in [0.3, 0.4) is 0 Å². The molecule has 0 aliphatic rings. The largest absolute Gasteiger partial charge is 0.336 e. The van der Waals surface area contributed by atoms with Crippen LogP contribution in [0.25, 0.3) is 0 Å². The minimum atomic E-state index is 0.178. The van der Waals surface area contributed by atoms with E-state index in [4.69, 9.17) is 5.84 Å². The summed E-state index contributed by atoms with van der Waals surface area (Å²) >= 11 is 0. The van der Waals surface area contributed by atoms with Gasteiger partial charge in [0.15, 0.2) is 0 Å². The third-order valence-corrected chi connectivity index (χ3v) is 2.02. The number of hydrogen-bond donors (Lipinski definition) is 2. The van der Waals surface area contributed by atoms with Crippen LogP contribution in [0.2, 0.25) is 0 Å². The molecule has 0 aromatic carbocycles. The van der Waals surface area contributed by atoms with Gasteiger partial charge in [0.1, 0.15) is 0 Å². The molecule has 1 heterocycles. The highest BCUT2D eigenvalue weighted by molar-refractivity contribution is 5.05. The average molecular weight is 168 g/mol. The number of hydrazine groups is 1. The van der Waals surface area contributed by atoms with Gasteiger partial charge >= 0.3 is 0 Å². The Bertz CT molecular complexity index is 241. The molecule has 0 spiro atoms. The van der Waals surface area contributed by atoms with Crippen molar-refractivity contribution in [2.75, 3.05) is 0 Å². The Balaban J connectivity index is 2.87. The molecule has 0 amide bonds. The van der Waals surface area contributed by atoms with E-state index in [0.717, 1.165) is 5.69 Å². The SMILES string of the molecule is CC(C)C(NN)c1cncn1C. The van der Waals surface area contributed by atoms with Crippen LogP contribution >= 0.6 is 0 Å². The fraction of sp³-hybridized carbons (Fsp3) is 0.625. The van der Waals surface area contributed by atoms with Crippen molar-refractivity contribution in [1.29, 1.82) is 0 Å². The highest BCUT2D eigenvalue weighted by atomic mass is 15.2. The molecule has 68 valence electrons. The summed E-state index contributed by atoms with van der Waals surface area (Å²) in [6, 6.07) is 0.178. The molecule has 0 radical (unpaired) electrons. The van der Waals surface area contributed by atoms with Crippen LogP contribution in [0.15, 0.2) is 12.5 Å². The summed E-state index contributed by atoms with van der Waals surface area (Å²) in [6.07, 6.45) is 3.62. The van der Waals surface area contributed by atoms with E-state index in [2.05, 4.69) is 24.3 Å². The highest BCUT2D eigenvalue weighted by Gasteiger charge is 2.16. The molecule has 4 heteroatoms. The molecule has 4 nitrogen and oxygen atoms in total. The summed E-state index contributed by atoms with van der Waals surface area (Å²) in [5.41, 5.74) is 3.90. The van der Waals surface area contributed by atoms with Gasteiger partial charge < -0.3 is 4.57 Å².